The highest BCUT2D eigenvalue weighted by Crippen LogP contribution is 2.39. The van der Waals surface area contributed by atoms with E-state index < -0.39 is 17.7 Å². The van der Waals surface area contributed by atoms with Gasteiger partial charge in [0.05, 0.1) is 38.8 Å². The van der Waals surface area contributed by atoms with Crippen molar-refractivity contribution in [3.8, 4) is 0 Å². The summed E-state index contributed by atoms with van der Waals surface area (Å²) in [5.41, 5.74) is 2.41. The molecule has 2 aromatic carbocycles. The number of nitrogens with zero attached hydrogens (tertiary/aromatic N) is 1. The minimum Gasteiger partial charge on any atom is -0.507 e. The second kappa shape index (κ2) is 8.17. The zero-order chi connectivity index (χ0) is 20.4. The quantitative estimate of drug-likeness (QED) is 0.460. The summed E-state index contributed by atoms with van der Waals surface area (Å²) >= 11 is 6.01. The molecule has 1 heterocycles. The van der Waals surface area contributed by atoms with Gasteiger partial charge in [-0.05, 0) is 24.6 Å². The zero-order valence-electron chi connectivity index (χ0n) is 16.2. The maximum absolute atomic E-state index is 12.9. The fourth-order valence-corrected chi connectivity index (χ4v) is 3.44. The number of Topliss-reactive ketones (excluding diaryl/α,β-unsaturated/α-hetero) is 1. The van der Waals surface area contributed by atoms with Gasteiger partial charge in [0, 0.05) is 10.6 Å². The molecule has 0 aromatic heterocycles. The molecule has 28 heavy (non-hydrogen) atoms. The summed E-state index contributed by atoms with van der Waals surface area (Å²) in [6.07, 6.45) is 0. The number of amides is 1. The summed E-state index contributed by atoms with van der Waals surface area (Å²) in [5, 5.41) is 11.5. The Bertz CT molecular complexity index is 918. The predicted molar refractivity (Wildman–Crippen MR) is 109 cm³/mol. The first kappa shape index (κ1) is 20.1. The number of carbonyl (C=O) groups excluding carboxylic acids is 2. The Hall–Kier alpha value is -2.63. The zero-order valence-corrected chi connectivity index (χ0v) is 17.0. The van der Waals surface area contributed by atoms with Gasteiger partial charge in [0.2, 0.25) is 0 Å². The lowest BCUT2D eigenvalue weighted by Crippen LogP contribution is -3.06. The van der Waals surface area contributed by atoms with Crippen LogP contribution < -0.4 is 4.90 Å². The van der Waals surface area contributed by atoms with Crippen LogP contribution in [0.15, 0.2) is 54.1 Å². The molecule has 0 radical (unpaired) electrons. The van der Waals surface area contributed by atoms with Crippen LogP contribution in [0.3, 0.4) is 0 Å². The van der Waals surface area contributed by atoms with Crippen molar-refractivity contribution in [3.05, 3.63) is 75.8 Å². The molecule has 0 bridgehead atoms. The van der Waals surface area contributed by atoms with Gasteiger partial charge in [-0.1, -0.05) is 53.6 Å². The molecule has 2 aromatic rings. The van der Waals surface area contributed by atoms with E-state index in [0.29, 0.717) is 23.7 Å². The van der Waals surface area contributed by atoms with Gasteiger partial charge < -0.3 is 14.9 Å². The monoisotopic (exact) mass is 399 g/mol. The summed E-state index contributed by atoms with van der Waals surface area (Å²) in [7, 11) is 3.97. The molecule has 5 nitrogen and oxygen atoms in total. The van der Waals surface area contributed by atoms with Crippen LogP contribution in [0.4, 0.5) is 0 Å². The minimum absolute atomic E-state index is 0.116. The summed E-state index contributed by atoms with van der Waals surface area (Å²) < 4.78 is 0. The third kappa shape index (κ3) is 3.96. The maximum Gasteiger partial charge on any atom is 0.295 e. The van der Waals surface area contributed by atoms with Gasteiger partial charge in [-0.25, -0.2) is 0 Å². The molecule has 1 atom stereocenters. The van der Waals surface area contributed by atoms with Crippen LogP contribution >= 0.6 is 11.6 Å². The number of hydrogen-bond donors (Lipinski definition) is 2. The van der Waals surface area contributed by atoms with Crippen LogP contribution in [-0.2, 0) is 9.59 Å². The van der Waals surface area contributed by atoms with E-state index in [4.69, 9.17) is 11.6 Å². The highest BCUT2D eigenvalue weighted by Gasteiger charge is 2.46. The van der Waals surface area contributed by atoms with Crippen molar-refractivity contribution in [1.29, 1.82) is 0 Å². The molecule has 0 spiro atoms. The first-order chi connectivity index (χ1) is 13.3. The highest BCUT2D eigenvalue weighted by atomic mass is 35.5. The molecule has 1 saturated heterocycles. The molecule has 0 unspecified atom stereocenters. The van der Waals surface area contributed by atoms with Crippen LogP contribution in [-0.4, -0.2) is 48.9 Å². The number of aliphatic hydroxyl groups is 1. The molecule has 1 aliphatic rings. The van der Waals surface area contributed by atoms with Gasteiger partial charge in [0.1, 0.15) is 5.76 Å². The van der Waals surface area contributed by atoms with Crippen molar-refractivity contribution in [2.24, 2.45) is 0 Å². The average molecular weight is 400 g/mol. The Balaban J connectivity index is 2.13. The normalized spacial score (nSPS) is 18.9. The Kier molecular flexibility index (Phi) is 5.87. The van der Waals surface area contributed by atoms with E-state index in [1.807, 2.05) is 33.2 Å². The molecule has 3 rings (SSSR count). The topological polar surface area (TPSA) is 62.0 Å². The van der Waals surface area contributed by atoms with Crippen LogP contribution in [0.2, 0.25) is 5.02 Å². The van der Waals surface area contributed by atoms with E-state index in [-0.39, 0.29) is 11.3 Å². The number of hydrogen-bond acceptors (Lipinski definition) is 3. The van der Waals surface area contributed by atoms with Crippen molar-refractivity contribution >= 4 is 29.1 Å². The fourth-order valence-electron chi connectivity index (χ4n) is 3.31. The van der Waals surface area contributed by atoms with Gasteiger partial charge in [-0.15, -0.1) is 0 Å². The van der Waals surface area contributed by atoms with Crippen molar-refractivity contribution in [2.45, 2.75) is 13.0 Å². The molecular weight excluding hydrogens is 376 g/mol. The summed E-state index contributed by atoms with van der Waals surface area (Å²) in [6, 6.07) is 13.6. The van der Waals surface area contributed by atoms with Crippen molar-refractivity contribution in [3.63, 3.8) is 0 Å². The highest BCUT2D eigenvalue weighted by molar-refractivity contribution is 6.46. The Labute approximate surface area is 169 Å². The number of quaternary nitrogens is 1. The molecule has 0 saturated carbocycles. The van der Waals surface area contributed by atoms with Crippen LogP contribution in [0.5, 0.6) is 0 Å². The largest absolute Gasteiger partial charge is 0.507 e. The Morgan fingerprint density at radius 2 is 1.68 bits per heavy atom. The van der Waals surface area contributed by atoms with Crippen molar-refractivity contribution in [2.75, 3.05) is 27.2 Å². The van der Waals surface area contributed by atoms with E-state index in [1.165, 1.54) is 4.90 Å². The molecule has 6 heteroatoms. The second-order valence-electron chi connectivity index (χ2n) is 7.37. The minimum atomic E-state index is -0.660. The van der Waals surface area contributed by atoms with E-state index >= 15 is 0 Å². The number of aryl methyl sites for hydroxylation is 1. The number of rotatable bonds is 5. The number of aliphatic hydroxyl groups excluding tert-OH is 1. The molecule has 1 aliphatic heterocycles. The van der Waals surface area contributed by atoms with Gasteiger partial charge >= 0.3 is 0 Å². The second-order valence-corrected chi connectivity index (χ2v) is 7.80. The van der Waals surface area contributed by atoms with E-state index in [1.54, 1.807) is 36.4 Å². The van der Waals surface area contributed by atoms with Gasteiger partial charge in [0.15, 0.2) is 0 Å². The van der Waals surface area contributed by atoms with Gasteiger partial charge in [-0.2, -0.15) is 0 Å². The maximum atomic E-state index is 12.9. The third-order valence-electron chi connectivity index (χ3n) is 4.90. The lowest BCUT2D eigenvalue weighted by Gasteiger charge is -2.25. The lowest BCUT2D eigenvalue weighted by molar-refractivity contribution is -0.857. The van der Waals surface area contributed by atoms with Crippen LogP contribution in [0.1, 0.15) is 22.7 Å². The SMILES string of the molecule is Cc1ccc(C(O)=C2C(=O)C(=O)N(CC[NH+](C)C)[C@H]2c2ccc(Cl)cc2)cc1. The van der Waals surface area contributed by atoms with E-state index in [2.05, 4.69) is 0 Å². The number of likely N-dealkylation sites (tertiary alicyclic amines) is 1. The Morgan fingerprint density at radius 1 is 1.07 bits per heavy atom. The number of likely N-dealkylation sites (N-methyl/N-ethyl adjacent to an activating group) is 1. The summed E-state index contributed by atoms with van der Waals surface area (Å²) in [4.78, 5) is 28.3. The van der Waals surface area contributed by atoms with Crippen LogP contribution in [0, 0.1) is 6.92 Å². The predicted octanol–water partition coefficient (Wildman–Crippen LogP) is 2.21. The Morgan fingerprint density at radius 3 is 2.25 bits per heavy atom. The smallest absolute Gasteiger partial charge is 0.295 e. The van der Waals surface area contributed by atoms with E-state index in [0.717, 1.165) is 16.0 Å². The first-order valence-electron chi connectivity index (χ1n) is 9.19. The van der Waals surface area contributed by atoms with Crippen molar-refractivity contribution < 1.29 is 19.6 Å². The molecule has 2 N–H and O–H groups in total. The number of ketones is 1. The number of benzene rings is 2. The lowest BCUT2D eigenvalue weighted by atomic mass is 9.95. The third-order valence-corrected chi connectivity index (χ3v) is 5.16. The first-order valence-corrected chi connectivity index (χ1v) is 9.57. The fraction of sp³-hybridized carbons (Fsp3) is 0.273. The molecule has 1 amide bonds. The average Bonchev–Trinajstić information content (AvgIpc) is 2.91. The molecular formula is C22H24ClN2O3+. The van der Waals surface area contributed by atoms with Gasteiger partial charge in [-0.3, -0.25) is 9.59 Å². The number of halogens is 1. The van der Waals surface area contributed by atoms with Crippen LogP contribution in [0.25, 0.3) is 5.76 Å². The summed E-state index contributed by atoms with van der Waals surface area (Å²) in [5.74, 6) is -1.40. The number of nitrogens with one attached hydrogen (secondary N) is 1. The summed E-state index contributed by atoms with van der Waals surface area (Å²) in [6.45, 7) is 3.03. The number of carbonyl (C=O) groups is 2. The standard InChI is InChI=1S/C22H23ClN2O3/c1-14-4-6-16(7-5-14)20(26)18-19(15-8-10-17(23)11-9-15)25(13-12-24(2)3)22(28)21(18)27/h4-11,19,26H,12-13H2,1-3H3/p+1/t19-/m0/s1. The van der Waals surface area contributed by atoms with E-state index in [9.17, 15) is 14.7 Å². The molecule has 1 fully saturated rings. The van der Waals surface area contributed by atoms with Crippen molar-refractivity contribution in [1.82, 2.24) is 4.90 Å². The molecule has 146 valence electrons. The molecule has 0 aliphatic carbocycles. The van der Waals surface area contributed by atoms with Gasteiger partial charge in [0.25, 0.3) is 11.7 Å².